The van der Waals surface area contributed by atoms with Crippen LogP contribution in [0.5, 0.6) is 0 Å². The summed E-state index contributed by atoms with van der Waals surface area (Å²) in [5.41, 5.74) is 17.7. The lowest BCUT2D eigenvalue weighted by molar-refractivity contribution is 1.07. The molecule has 0 unspecified atom stereocenters. The Balaban J connectivity index is 0.886. The van der Waals surface area contributed by atoms with Crippen molar-refractivity contribution in [1.29, 1.82) is 5.26 Å². The van der Waals surface area contributed by atoms with E-state index < -0.39 is 0 Å². The van der Waals surface area contributed by atoms with Crippen LogP contribution in [0.3, 0.4) is 0 Å². The molecule has 0 saturated carbocycles. The van der Waals surface area contributed by atoms with E-state index in [1.54, 1.807) is 0 Å². The zero-order valence-electron chi connectivity index (χ0n) is 53.5. The minimum absolute atomic E-state index is 0.493. The number of nitriles is 1. The van der Waals surface area contributed by atoms with E-state index in [1.165, 1.54) is 0 Å². The van der Waals surface area contributed by atoms with Gasteiger partial charge in [-0.2, -0.15) is 5.26 Å². The highest BCUT2D eigenvalue weighted by molar-refractivity contribution is 6.12. The molecule has 0 aliphatic rings. The number of fused-ring (bicyclic) bond motifs is 6. The highest BCUT2D eigenvalue weighted by atomic mass is 15.1. The van der Waals surface area contributed by atoms with Gasteiger partial charge < -0.3 is 9.13 Å². The molecule has 18 aromatic rings. The van der Waals surface area contributed by atoms with E-state index in [0.717, 1.165) is 127 Å². The van der Waals surface area contributed by atoms with Gasteiger partial charge in [0.05, 0.1) is 39.4 Å². The summed E-state index contributed by atoms with van der Waals surface area (Å²) in [4.78, 5) is 46.8. The summed E-state index contributed by atoms with van der Waals surface area (Å²) < 4.78 is 4.71. The van der Waals surface area contributed by atoms with Gasteiger partial charge in [-0.05, 0) is 108 Å². The minimum atomic E-state index is 0.493. The number of aromatic nitrogens is 11. The van der Waals surface area contributed by atoms with Gasteiger partial charge in [0.2, 0.25) is 0 Å². The maximum absolute atomic E-state index is 10.0. The average molecular weight is 1280 g/mol. The highest BCUT2D eigenvalue weighted by Crippen LogP contribution is 2.45. The lowest BCUT2D eigenvalue weighted by Gasteiger charge is -2.20. The number of hydrogen-bond acceptors (Lipinski definition) is 10. The van der Waals surface area contributed by atoms with Crippen molar-refractivity contribution in [2.45, 2.75) is 0 Å². The van der Waals surface area contributed by atoms with Crippen LogP contribution < -0.4 is 0 Å². The Kier molecular flexibility index (Phi) is 14.6. The van der Waals surface area contributed by atoms with E-state index in [-0.39, 0.29) is 0 Å². The van der Waals surface area contributed by atoms with Gasteiger partial charge in [-0.25, -0.2) is 44.9 Å². The van der Waals surface area contributed by atoms with E-state index >= 15 is 0 Å². The van der Waals surface area contributed by atoms with E-state index in [1.807, 2.05) is 206 Å². The van der Waals surface area contributed by atoms with Crippen molar-refractivity contribution in [3.8, 4) is 142 Å². The molecule has 0 amide bonds. The molecule has 0 saturated heterocycles. The van der Waals surface area contributed by atoms with Crippen LogP contribution in [0, 0.1) is 11.3 Å². The quantitative estimate of drug-likeness (QED) is 0.109. The highest BCUT2D eigenvalue weighted by Gasteiger charge is 2.25. The third-order valence-electron chi connectivity index (χ3n) is 18.3. The van der Waals surface area contributed by atoms with E-state index in [2.05, 4.69) is 137 Å². The number of para-hydroxylation sites is 2. The van der Waals surface area contributed by atoms with Crippen molar-refractivity contribution >= 4 is 43.6 Å². The van der Waals surface area contributed by atoms with E-state index in [9.17, 15) is 5.26 Å². The minimum Gasteiger partial charge on any atom is -0.309 e. The van der Waals surface area contributed by atoms with Crippen molar-refractivity contribution in [2.24, 2.45) is 0 Å². The first-order valence-electron chi connectivity index (χ1n) is 33.0. The Bertz CT molecular complexity index is 6020. The van der Waals surface area contributed by atoms with Gasteiger partial charge in [0, 0.05) is 82.9 Å². The predicted molar refractivity (Wildman–Crippen MR) is 400 cm³/mol. The van der Waals surface area contributed by atoms with E-state index in [0.29, 0.717) is 58.0 Å². The van der Waals surface area contributed by atoms with Crippen LogP contribution in [0.1, 0.15) is 5.56 Å². The van der Waals surface area contributed by atoms with Gasteiger partial charge in [0.15, 0.2) is 52.4 Å². The molecule has 0 N–H and O–H groups in total. The number of rotatable bonds is 13. The summed E-state index contributed by atoms with van der Waals surface area (Å²) in [6.07, 6.45) is 0. The summed E-state index contributed by atoms with van der Waals surface area (Å²) >= 11 is 0. The Hall–Kier alpha value is -14.0. The smallest absolute Gasteiger partial charge is 0.164 e. The van der Waals surface area contributed by atoms with Gasteiger partial charge in [0.1, 0.15) is 0 Å². The van der Waals surface area contributed by atoms with Gasteiger partial charge in [-0.3, -0.25) is 0 Å². The fraction of sp³-hybridized carbons (Fsp3) is 0. The molecule has 100 heavy (non-hydrogen) atoms. The Labute approximate surface area is 574 Å². The molecule has 5 aromatic heterocycles. The fourth-order valence-corrected chi connectivity index (χ4v) is 13.5. The Morgan fingerprint density at radius 1 is 0.210 bits per heavy atom. The maximum Gasteiger partial charge on any atom is 0.164 e. The molecule has 18 rings (SSSR count). The van der Waals surface area contributed by atoms with Gasteiger partial charge in [-0.15, -0.1) is 0 Å². The number of benzene rings is 13. The second-order valence-electron chi connectivity index (χ2n) is 24.4. The summed E-state index contributed by atoms with van der Waals surface area (Å²) in [5, 5.41) is 14.2. The molecule has 12 heteroatoms. The lowest BCUT2D eigenvalue weighted by atomic mass is 9.92. The maximum atomic E-state index is 10.0. The third-order valence-corrected chi connectivity index (χ3v) is 18.3. The second kappa shape index (κ2) is 25.0. The van der Waals surface area contributed by atoms with Crippen molar-refractivity contribution in [1.82, 2.24) is 54.0 Å². The number of nitrogens with zero attached hydrogens (tertiary/aromatic N) is 12. The van der Waals surface area contributed by atoms with Crippen LogP contribution >= 0.6 is 0 Å². The van der Waals surface area contributed by atoms with Gasteiger partial charge in [-0.1, -0.05) is 237 Å². The molecule has 0 atom stereocenters. The standard InChI is InChI=1S/C88H54N12/c89-55-56-39-41-57(42-40-56)64-43-48-79(100-76-38-22-20-36-69(76)73-53-66(45-50-78(73)100)87-95-82(60-27-11-3-12-28-60)91-83(96-87)61-29-13-4-14-30-61)74(51-64)71-54-67(46-47-70(71)88-97-84(62-31-15-5-16-32-62)92-85(98-88)63-33-17-6-18-34-63)99-75-37-21-19-35-68(75)72-52-65(44-49-77(72)99)86-93-80(58-23-7-1-8-24-58)90-81(94-86)59-25-9-2-10-26-59/h1-54H. The van der Waals surface area contributed by atoms with Crippen LogP contribution in [-0.2, 0) is 0 Å². The third kappa shape index (κ3) is 10.7. The van der Waals surface area contributed by atoms with Crippen LogP contribution in [-0.4, -0.2) is 54.0 Å². The Morgan fingerprint density at radius 2 is 0.540 bits per heavy atom. The monoisotopic (exact) mass is 1280 g/mol. The van der Waals surface area contributed by atoms with Crippen molar-refractivity contribution < 1.29 is 0 Å². The molecule has 0 aliphatic heterocycles. The molecule has 0 fully saturated rings. The molecule has 5 heterocycles. The summed E-state index contributed by atoms with van der Waals surface area (Å²) in [6, 6.07) is 114. The SMILES string of the molecule is N#Cc1ccc(-c2ccc(-n3c4ccccc4c4cc(-c5nc(-c6ccccc6)nc(-c6ccccc6)n5)ccc43)c(-c3cc(-n4c5ccccc5c5cc(-c6nc(-c7ccccc7)nc(-c7ccccc7)n6)ccc54)ccc3-c3nc(-c4ccccc4)nc(-c4ccccc4)n3)c2)cc1. The zero-order chi connectivity index (χ0) is 66.5. The molecule has 13 aromatic carbocycles. The molecular weight excluding hydrogens is 1230 g/mol. The van der Waals surface area contributed by atoms with Crippen molar-refractivity contribution in [2.75, 3.05) is 0 Å². The summed E-state index contributed by atoms with van der Waals surface area (Å²) in [5.74, 6) is 5.05. The molecule has 466 valence electrons. The first-order valence-corrected chi connectivity index (χ1v) is 33.0. The normalized spacial score (nSPS) is 11.4. The van der Waals surface area contributed by atoms with Crippen LogP contribution in [0.15, 0.2) is 328 Å². The molecule has 0 spiro atoms. The van der Waals surface area contributed by atoms with Crippen molar-refractivity contribution in [3.05, 3.63) is 333 Å². The average Bonchev–Trinajstić information content (AvgIpc) is 1.52. The predicted octanol–water partition coefficient (Wildman–Crippen LogP) is 20.6. The van der Waals surface area contributed by atoms with E-state index in [4.69, 9.17) is 44.9 Å². The molecule has 0 aliphatic carbocycles. The Morgan fingerprint density at radius 3 is 0.950 bits per heavy atom. The lowest BCUT2D eigenvalue weighted by Crippen LogP contribution is -2.04. The topological polar surface area (TPSA) is 150 Å². The summed E-state index contributed by atoms with van der Waals surface area (Å²) in [6.45, 7) is 0. The van der Waals surface area contributed by atoms with Crippen LogP contribution in [0.4, 0.5) is 0 Å². The zero-order valence-corrected chi connectivity index (χ0v) is 53.5. The van der Waals surface area contributed by atoms with Gasteiger partial charge >= 0.3 is 0 Å². The largest absolute Gasteiger partial charge is 0.309 e. The molecule has 0 bridgehead atoms. The van der Waals surface area contributed by atoms with Crippen LogP contribution in [0.2, 0.25) is 0 Å². The second-order valence-corrected chi connectivity index (χ2v) is 24.4. The molecule has 12 nitrogen and oxygen atoms in total. The number of hydrogen-bond donors (Lipinski definition) is 0. The summed E-state index contributed by atoms with van der Waals surface area (Å²) in [7, 11) is 0. The van der Waals surface area contributed by atoms with Crippen molar-refractivity contribution in [3.63, 3.8) is 0 Å². The molecule has 0 radical (unpaired) electrons. The first kappa shape index (κ1) is 58.5. The fourth-order valence-electron chi connectivity index (χ4n) is 13.5. The van der Waals surface area contributed by atoms with Crippen LogP contribution in [0.25, 0.3) is 180 Å². The molecular formula is C88H54N12. The van der Waals surface area contributed by atoms with Gasteiger partial charge in [0.25, 0.3) is 0 Å². The first-order chi connectivity index (χ1) is 49.5.